The number of benzene rings is 8. The Labute approximate surface area is 293 Å². The van der Waals surface area contributed by atoms with Gasteiger partial charge in [0.25, 0.3) is 0 Å². The Morgan fingerprint density at radius 1 is 0.400 bits per heavy atom. The van der Waals surface area contributed by atoms with Gasteiger partial charge in [0.2, 0.25) is 0 Å². The van der Waals surface area contributed by atoms with Crippen LogP contribution < -0.4 is 4.74 Å². The summed E-state index contributed by atoms with van der Waals surface area (Å²) < 4.78 is 6.65. The largest absolute Gasteiger partial charge is 0.457 e. The normalized spacial score (nSPS) is 18.4. The van der Waals surface area contributed by atoms with Gasteiger partial charge in [-0.15, -0.1) is 0 Å². The Morgan fingerprint density at radius 3 is 1.78 bits per heavy atom. The zero-order valence-electron chi connectivity index (χ0n) is 27.8. The molecule has 8 aromatic carbocycles. The summed E-state index contributed by atoms with van der Waals surface area (Å²) >= 11 is 0. The number of hydrogen-bond donors (Lipinski definition) is 0. The average Bonchev–Trinajstić information content (AvgIpc) is 3.50. The van der Waals surface area contributed by atoms with Crippen LogP contribution in [-0.2, 0) is 10.8 Å². The van der Waals surface area contributed by atoms with Gasteiger partial charge in [0.1, 0.15) is 11.5 Å². The molecule has 0 spiro atoms. The van der Waals surface area contributed by atoms with E-state index < -0.39 is 5.41 Å². The third kappa shape index (κ3) is 3.95. The van der Waals surface area contributed by atoms with E-state index in [0.29, 0.717) is 0 Å². The number of hydrogen-bond acceptors (Lipinski definition) is 1. The minimum absolute atomic E-state index is 0.330. The molecule has 1 aliphatic carbocycles. The zero-order valence-corrected chi connectivity index (χ0v) is 27.8. The van der Waals surface area contributed by atoms with Crippen molar-refractivity contribution < 1.29 is 4.74 Å². The molecule has 236 valence electrons. The highest BCUT2D eigenvalue weighted by Gasteiger charge is 2.46. The van der Waals surface area contributed by atoms with Gasteiger partial charge in [0, 0.05) is 16.5 Å². The van der Waals surface area contributed by atoms with E-state index in [-0.39, 0.29) is 5.41 Å². The fraction of sp³-hybridized carbons (Fsp3) is 0.0612. The summed E-state index contributed by atoms with van der Waals surface area (Å²) in [7, 11) is 0. The average molecular weight is 639 g/mol. The van der Waals surface area contributed by atoms with E-state index in [4.69, 9.17) is 4.74 Å². The van der Waals surface area contributed by atoms with Gasteiger partial charge in [0.15, 0.2) is 0 Å². The van der Waals surface area contributed by atoms with Gasteiger partial charge in [-0.1, -0.05) is 176 Å². The van der Waals surface area contributed by atoms with Crippen molar-refractivity contribution in [2.45, 2.75) is 17.8 Å². The first-order valence-electron chi connectivity index (χ1n) is 17.4. The summed E-state index contributed by atoms with van der Waals surface area (Å²) in [5, 5.41) is 2.56. The van der Waals surface area contributed by atoms with E-state index in [1.807, 2.05) is 0 Å². The number of para-hydroxylation sites is 1. The van der Waals surface area contributed by atoms with Crippen LogP contribution in [0.1, 0.15) is 45.9 Å². The minimum atomic E-state index is -0.448. The Bertz CT molecular complexity index is 2570. The lowest BCUT2D eigenvalue weighted by molar-refractivity contribution is 0.427. The Morgan fingerprint density at radius 2 is 0.980 bits per heavy atom. The highest BCUT2D eigenvalue weighted by molar-refractivity contribution is 6.04. The van der Waals surface area contributed by atoms with Crippen LogP contribution >= 0.6 is 0 Å². The lowest BCUT2D eigenvalue weighted by Crippen LogP contribution is -2.29. The molecular formula is C49H34O. The lowest BCUT2D eigenvalue weighted by atomic mass is 9.67. The molecule has 0 saturated heterocycles. The molecule has 1 heteroatoms. The first-order valence-corrected chi connectivity index (χ1v) is 17.4. The van der Waals surface area contributed by atoms with Crippen LogP contribution in [0.25, 0.3) is 33.0 Å². The van der Waals surface area contributed by atoms with Gasteiger partial charge in [0.05, 0.1) is 5.41 Å². The standard InChI is InChI=1S/C49H34O/c1-48(36-15-4-2-5-16-36)42-22-12-13-23-45(42)50-46-32-35(27-30-43(46)48)33-24-28-38(29-25-33)49(37-17-6-3-7-18-37)41-21-11-10-20-40(41)47-39-19-9-8-14-34(39)26-31-44(47)49/h2-32H,1H3. The molecule has 10 rings (SSSR count). The Balaban J connectivity index is 1.13. The van der Waals surface area contributed by atoms with E-state index >= 15 is 0 Å². The fourth-order valence-electron chi connectivity index (χ4n) is 8.95. The summed E-state index contributed by atoms with van der Waals surface area (Å²) in [6.45, 7) is 2.32. The van der Waals surface area contributed by atoms with Gasteiger partial charge in [-0.25, -0.2) is 0 Å². The number of rotatable bonds is 4. The molecule has 0 aromatic heterocycles. The number of ether oxygens (including phenoxy) is 1. The molecule has 2 unspecified atom stereocenters. The molecule has 50 heavy (non-hydrogen) atoms. The zero-order chi connectivity index (χ0) is 33.3. The Kier molecular flexibility index (Phi) is 6.29. The second-order valence-corrected chi connectivity index (χ2v) is 13.7. The smallest absolute Gasteiger partial charge is 0.132 e. The van der Waals surface area contributed by atoms with Gasteiger partial charge >= 0.3 is 0 Å². The second kappa shape index (κ2) is 10.9. The maximum absolute atomic E-state index is 6.65. The summed E-state index contributed by atoms with van der Waals surface area (Å²) in [4.78, 5) is 0. The van der Waals surface area contributed by atoms with Crippen LogP contribution in [-0.4, -0.2) is 0 Å². The van der Waals surface area contributed by atoms with Crippen molar-refractivity contribution in [3.63, 3.8) is 0 Å². The van der Waals surface area contributed by atoms with E-state index in [1.54, 1.807) is 0 Å². The van der Waals surface area contributed by atoms with Gasteiger partial charge in [-0.3, -0.25) is 0 Å². The SMILES string of the molecule is CC1(c2ccccc2)c2ccccc2Oc2cc(-c3ccc(C4(c5ccccc5)c5ccccc5-c5c4ccc4ccccc54)cc3)ccc21. The van der Waals surface area contributed by atoms with Crippen molar-refractivity contribution >= 4 is 10.8 Å². The van der Waals surface area contributed by atoms with Crippen LogP contribution in [0.5, 0.6) is 11.5 Å². The molecule has 2 aliphatic rings. The molecular weight excluding hydrogens is 605 g/mol. The minimum Gasteiger partial charge on any atom is -0.457 e. The molecule has 2 atom stereocenters. The quantitative estimate of drug-likeness (QED) is 0.186. The predicted octanol–water partition coefficient (Wildman–Crippen LogP) is 12.3. The van der Waals surface area contributed by atoms with Crippen molar-refractivity contribution in [2.75, 3.05) is 0 Å². The maximum atomic E-state index is 6.65. The van der Waals surface area contributed by atoms with Crippen LogP contribution in [0.3, 0.4) is 0 Å². The summed E-state index contributed by atoms with van der Waals surface area (Å²) in [5.74, 6) is 1.82. The summed E-state index contributed by atoms with van der Waals surface area (Å²) in [6, 6.07) is 68.7. The fourth-order valence-corrected chi connectivity index (χ4v) is 8.95. The van der Waals surface area contributed by atoms with E-state index in [1.165, 1.54) is 60.8 Å². The van der Waals surface area contributed by atoms with Crippen molar-refractivity contribution in [3.05, 3.63) is 227 Å². The maximum Gasteiger partial charge on any atom is 0.132 e. The van der Waals surface area contributed by atoms with Crippen molar-refractivity contribution in [1.29, 1.82) is 0 Å². The van der Waals surface area contributed by atoms with Gasteiger partial charge < -0.3 is 4.74 Å². The highest BCUT2D eigenvalue weighted by atomic mass is 16.5. The van der Waals surface area contributed by atoms with Crippen LogP contribution in [0, 0.1) is 0 Å². The monoisotopic (exact) mass is 638 g/mol. The van der Waals surface area contributed by atoms with E-state index in [9.17, 15) is 0 Å². The molecule has 1 nitrogen and oxygen atoms in total. The molecule has 0 amide bonds. The van der Waals surface area contributed by atoms with E-state index in [2.05, 4.69) is 195 Å². The third-order valence-corrected chi connectivity index (χ3v) is 11.3. The van der Waals surface area contributed by atoms with Crippen molar-refractivity contribution in [2.24, 2.45) is 0 Å². The van der Waals surface area contributed by atoms with Gasteiger partial charge in [-0.05, 0) is 79.9 Å². The summed E-state index contributed by atoms with van der Waals surface area (Å²) in [6.07, 6.45) is 0. The van der Waals surface area contributed by atoms with E-state index in [0.717, 1.165) is 22.6 Å². The topological polar surface area (TPSA) is 9.23 Å². The molecule has 1 heterocycles. The second-order valence-electron chi connectivity index (χ2n) is 13.7. The predicted molar refractivity (Wildman–Crippen MR) is 205 cm³/mol. The van der Waals surface area contributed by atoms with Crippen LogP contribution in [0.4, 0.5) is 0 Å². The molecule has 0 radical (unpaired) electrons. The van der Waals surface area contributed by atoms with Gasteiger partial charge in [-0.2, -0.15) is 0 Å². The van der Waals surface area contributed by atoms with Crippen molar-refractivity contribution in [1.82, 2.24) is 0 Å². The summed E-state index contributed by atoms with van der Waals surface area (Å²) in [5.41, 5.74) is 13.0. The third-order valence-electron chi connectivity index (χ3n) is 11.3. The lowest BCUT2D eigenvalue weighted by Gasteiger charge is -2.38. The molecule has 0 fully saturated rings. The molecule has 8 aromatic rings. The molecule has 0 bridgehead atoms. The first kappa shape index (κ1) is 28.8. The molecule has 1 aliphatic heterocycles. The Hall–Kier alpha value is -6.18. The number of fused-ring (bicyclic) bond motifs is 7. The van der Waals surface area contributed by atoms with Crippen LogP contribution in [0.15, 0.2) is 188 Å². The van der Waals surface area contributed by atoms with Crippen molar-refractivity contribution in [3.8, 4) is 33.8 Å². The molecule has 0 N–H and O–H groups in total. The van der Waals surface area contributed by atoms with Crippen LogP contribution in [0.2, 0.25) is 0 Å². The first-order chi connectivity index (χ1) is 24.7. The molecule has 0 saturated carbocycles. The highest BCUT2D eigenvalue weighted by Crippen LogP contribution is 2.58.